The number of aromatic nitrogens is 1. The van der Waals surface area contributed by atoms with Gasteiger partial charge in [-0.15, -0.1) is 0 Å². The number of nitrogen functional groups attached to an aromatic ring is 1. The number of carbonyl (C=O) groups is 1. The zero-order valence-corrected chi connectivity index (χ0v) is 10.4. The van der Waals surface area contributed by atoms with E-state index in [9.17, 15) is 9.00 Å². The summed E-state index contributed by atoms with van der Waals surface area (Å²) in [4.78, 5) is 15.5. The summed E-state index contributed by atoms with van der Waals surface area (Å²) in [5.74, 6) is 5.53. The molecule has 17 heavy (non-hydrogen) atoms. The zero-order valence-electron chi connectivity index (χ0n) is 9.60. The lowest BCUT2D eigenvalue weighted by atomic mass is 10.3. The van der Waals surface area contributed by atoms with E-state index in [4.69, 9.17) is 5.84 Å². The highest BCUT2D eigenvalue weighted by Gasteiger charge is 2.05. The Kier molecular flexibility index (Phi) is 5.58. The first-order chi connectivity index (χ1) is 8.13. The molecule has 0 bridgehead atoms. The Labute approximate surface area is 102 Å². The maximum atomic E-state index is 11.6. The van der Waals surface area contributed by atoms with Crippen LogP contribution in [0, 0.1) is 0 Å². The van der Waals surface area contributed by atoms with Gasteiger partial charge in [-0.25, -0.2) is 4.98 Å². The fraction of sp³-hybridized carbons (Fsp3) is 0.400. The number of carbonyl (C=O) groups excluding carboxylic acids is 1. The summed E-state index contributed by atoms with van der Waals surface area (Å²) in [6, 6.07) is 3.26. The molecule has 0 spiro atoms. The van der Waals surface area contributed by atoms with E-state index in [1.807, 2.05) is 0 Å². The Morgan fingerprint density at radius 2 is 2.29 bits per heavy atom. The van der Waals surface area contributed by atoms with Gasteiger partial charge in [0.2, 0.25) is 0 Å². The molecule has 0 aromatic carbocycles. The van der Waals surface area contributed by atoms with Gasteiger partial charge in [0.15, 0.2) is 0 Å². The molecule has 1 rings (SSSR count). The van der Waals surface area contributed by atoms with Crippen molar-refractivity contribution in [3.8, 4) is 0 Å². The number of amides is 1. The number of hydrogen-bond donors (Lipinski definition) is 3. The van der Waals surface area contributed by atoms with Crippen molar-refractivity contribution in [2.24, 2.45) is 5.84 Å². The molecule has 0 radical (unpaired) electrons. The van der Waals surface area contributed by atoms with E-state index in [-0.39, 0.29) is 5.91 Å². The van der Waals surface area contributed by atoms with Gasteiger partial charge in [0.1, 0.15) is 5.69 Å². The van der Waals surface area contributed by atoms with Crippen molar-refractivity contribution in [3.63, 3.8) is 0 Å². The van der Waals surface area contributed by atoms with Crippen LogP contribution < -0.4 is 16.6 Å². The van der Waals surface area contributed by atoms with Crippen LogP contribution >= 0.6 is 0 Å². The molecule has 0 aliphatic carbocycles. The van der Waals surface area contributed by atoms with Crippen LogP contribution in [0.3, 0.4) is 0 Å². The summed E-state index contributed by atoms with van der Waals surface area (Å²) in [7, 11) is -0.818. The first-order valence-electron chi connectivity index (χ1n) is 5.14. The van der Waals surface area contributed by atoms with Crippen molar-refractivity contribution in [3.05, 3.63) is 24.0 Å². The highest BCUT2D eigenvalue weighted by Crippen LogP contribution is 2.03. The minimum absolute atomic E-state index is 0.240. The van der Waals surface area contributed by atoms with Gasteiger partial charge in [-0.2, -0.15) is 0 Å². The van der Waals surface area contributed by atoms with Crippen LogP contribution in [0.5, 0.6) is 0 Å². The second-order valence-electron chi connectivity index (χ2n) is 3.46. The van der Waals surface area contributed by atoms with Crippen LogP contribution in [0.2, 0.25) is 0 Å². The number of nitrogens with one attached hydrogen (secondary N) is 2. The third-order valence-corrected chi connectivity index (χ3v) is 2.92. The van der Waals surface area contributed by atoms with Gasteiger partial charge in [0.05, 0.1) is 11.9 Å². The van der Waals surface area contributed by atoms with Crippen LogP contribution in [0.1, 0.15) is 16.9 Å². The quantitative estimate of drug-likeness (QED) is 0.374. The lowest BCUT2D eigenvalue weighted by Gasteiger charge is -2.04. The average Bonchev–Trinajstić information content (AvgIpc) is 2.34. The molecule has 0 saturated heterocycles. The van der Waals surface area contributed by atoms with Gasteiger partial charge >= 0.3 is 0 Å². The average molecular weight is 256 g/mol. The number of hydrogen-bond acceptors (Lipinski definition) is 5. The van der Waals surface area contributed by atoms with Crippen molar-refractivity contribution < 1.29 is 9.00 Å². The molecule has 0 fully saturated rings. The number of pyridine rings is 1. The molecular weight excluding hydrogens is 240 g/mol. The summed E-state index contributed by atoms with van der Waals surface area (Å²) in [6.07, 6.45) is 3.81. The van der Waals surface area contributed by atoms with E-state index in [1.165, 1.54) is 6.20 Å². The molecular formula is C10H16N4O2S. The highest BCUT2D eigenvalue weighted by molar-refractivity contribution is 7.84. The topological polar surface area (TPSA) is 97.1 Å². The van der Waals surface area contributed by atoms with Crippen LogP contribution in [0.4, 0.5) is 5.69 Å². The minimum atomic E-state index is -0.818. The number of nitrogens with zero attached hydrogens (tertiary/aromatic N) is 1. The second kappa shape index (κ2) is 6.97. The summed E-state index contributed by atoms with van der Waals surface area (Å²) in [5.41, 5.74) is 3.41. The molecule has 1 heterocycles. The van der Waals surface area contributed by atoms with E-state index in [0.29, 0.717) is 30.1 Å². The predicted octanol–water partition coefficient (Wildman–Crippen LogP) is -0.134. The Bertz CT molecular complexity index is 394. The molecule has 6 nitrogen and oxygen atoms in total. The van der Waals surface area contributed by atoms with E-state index in [2.05, 4.69) is 15.7 Å². The molecule has 0 aliphatic heterocycles. The maximum absolute atomic E-state index is 11.6. The van der Waals surface area contributed by atoms with Gasteiger partial charge in [-0.05, 0) is 18.6 Å². The maximum Gasteiger partial charge on any atom is 0.269 e. The number of anilines is 1. The Morgan fingerprint density at radius 1 is 1.53 bits per heavy atom. The molecule has 1 atom stereocenters. The second-order valence-corrected chi connectivity index (χ2v) is 5.02. The van der Waals surface area contributed by atoms with E-state index in [1.54, 1.807) is 18.4 Å². The van der Waals surface area contributed by atoms with Crippen molar-refractivity contribution in [1.82, 2.24) is 10.3 Å². The Morgan fingerprint density at radius 3 is 2.82 bits per heavy atom. The first kappa shape index (κ1) is 13.6. The Balaban J connectivity index is 2.38. The molecule has 7 heteroatoms. The third kappa shape index (κ3) is 4.92. The predicted molar refractivity (Wildman–Crippen MR) is 67.9 cm³/mol. The molecule has 94 valence electrons. The van der Waals surface area contributed by atoms with Crippen molar-refractivity contribution >= 4 is 22.4 Å². The minimum Gasteiger partial charge on any atom is -0.351 e. The van der Waals surface area contributed by atoms with E-state index in [0.717, 1.165) is 0 Å². The molecule has 1 unspecified atom stereocenters. The molecule has 1 aromatic rings. The SMILES string of the molecule is CS(=O)CCCNC(=O)c1ccc(NN)cn1. The molecule has 1 aromatic heterocycles. The molecule has 4 N–H and O–H groups in total. The van der Waals surface area contributed by atoms with Crippen molar-refractivity contribution in [2.45, 2.75) is 6.42 Å². The van der Waals surface area contributed by atoms with Crippen LogP contribution in [0.15, 0.2) is 18.3 Å². The van der Waals surface area contributed by atoms with Gasteiger partial charge in [0.25, 0.3) is 5.91 Å². The summed E-state index contributed by atoms with van der Waals surface area (Å²) in [6.45, 7) is 0.497. The highest BCUT2D eigenvalue weighted by atomic mass is 32.2. The van der Waals surface area contributed by atoms with Gasteiger partial charge < -0.3 is 10.7 Å². The van der Waals surface area contributed by atoms with Crippen molar-refractivity contribution in [1.29, 1.82) is 0 Å². The molecule has 0 aliphatic rings. The summed E-state index contributed by atoms with van der Waals surface area (Å²) < 4.78 is 10.8. The fourth-order valence-corrected chi connectivity index (χ4v) is 1.73. The third-order valence-electron chi connectivity index (χ3n) is 2.06. The zero-order chi connectivity index (χ0) is 12.7. The summed E-state index contributed by atoms with van der Waals surface area (Å²) >= 11 is 0. The van der Waals surface area contributed by atoms with Crippen LogP contribution in [-0.4, -0.2) is 33.7 Å². The fourth-order valence-electron chi connectivity index (χ4n) is 1.18. The van der Waals surface area contributed by atoms with Crippen LogP contribution in [-0.2, 0) is 10.8 Å². The summed E-state index contributed by atoms with van der Waals surface area (Å²) in [5, 5.41) is 2.70. The largest absolute Gasteiger partial charge is 0.351 e. The van der Waals surface area contributed by atoms with Gasteiger partial charge in [-0.3, -0.25) is 14.8 Å². The van der Waals surface area contributed by atoms with Gasteiger partial charge in [0, 0.05) is 29.4 Å². The van der Waals surface area contributed by atoms with Crippen LogP contribution in [0.25, 0.3) is 0 Å². The lowest BCUT2D eigenvalue weighted by Crippen LogP contribution is -2.26. The lowest BCUT2D eigenvalue weighted by molar-refractivity contribution is 0.0949. The number of nitrogens with two attached hydrogens (primary N) is 1. The van der Waals surface area contributed by atoms with E-state index >= 15 is 0 Å². The number of rotatable bonds is 6. The van der Waals surface area contributed by atoms with E-state index < -0.39 is 10.8 Å². The number of hydrazine groups is 1. The normalized spacial score (nSPS) is 11.9. The standard InChI is InChI=1S/C10H16N4O2S/c1-17(16)6-2-5-12-10(15)9-4-3-8(14-11)7-13-9/h3-4,7,14H,2,5-6,11H2,1H3,(H,12,15). The monoisotopic (exact) mass is 256 g/mol. The molecule has 1 amide bonds. The molecule has 0 saturated carbocycles. The smallest absolute Gasteiger partial charge is 0.269 e. The van der Waals surface area contributed by atoms with Crippen molar-refractivity contribution in [2.75, 3.05) is 24.0 Å². The Hall–Kier alpha value is -1.47. The van der Waals surface area contributed by atoms with Gasteiger partial charge in [-0.1, -0.05) is 0 Å². The first-order valence-corrected chi connectivity index (χ1v) is 6.87.